The van der Waals surface area contributed by atoms with Crippen LogP contribution >= 0.6 is 15.9 Å². The molecule has 0 saturated carbocycles. The number of nitrogens with one attached hydrogen (secondary N) is 1. The Bertz CT molecular complexity index is 593. The number of aromatic amines is 1. The number of halogens is 1. The highest BCUT2D eigenvalue weighted by molar-refractivity contribution is 9.10. The standard InChI is InChI=1S/C12H13BrN2O2/c1-7(2)5-17-11-3-8-10(4-9(11)13)14-6-15-12(8)16/h3-4,6-7H,5H2,1-2H3,(H,14,15,16). The lowest BCUT2D eigenvalue weighted by Crippen LogP contribution is -2.08. The summed E-state index contributed by atoms with van der Waals surface area (Å²) in [5.74, 6) is 1.11. The van der Waals surface area contributed by atoms with Crippen molar-refractivity contribution >= 4 is 26.8 Å². The molecule has 1 aromatic heterocycles. The van der Waals surface area contributed by atoms with Gasteiger partial charge in [0.2, 0.25) is 0 Å². The number of hydrogen-bond donors (Lipinski definition) is 1. The third-order valence-corrected chi connectivity index (χ3v) is 2.89. The summed E-state index contributed by atoms with van der Waals surface area (Å²) in [7, 11) is 0. The van der Waals surface area contributed by atoms with Gasteiger partial charge in [-0.1, -0.05) is 13.8 Å². The molecule has 4 nitrogen and oxygen atoms in total. The zero-order chi connectivity index (χ0) is 12.4. The largest absolute Gasteiger partial charge is 0.492 e. The Morgan fingerprint density at radius 3 is 2.94 bits per heavy atom. The predicted molar refractivity (Wildman–Crippen MR) is 70.4 cm³/mol. The smallest absolute Gasteiger partial charge is 0.258 e. The summed E-state index contributed by atoms with van der Waals surface area (Å²) < 4.78 is 6.44. The van der Waals surface area contributed by atoms with Crippen LogP contribution in [-0.4, -0.2) is 16.6 Å². The molecule has 5 heteroatoms. The topological polar surface area (TPSA) is 55.0 Å². The SMILES string of the molecule is CC(C)COc1cc2c(=O)[nH]cnc2cc1Br. The van der Waals surface area contributed by atoms with Gasteiger partial charge in [0.25, 0.3) is 5.56 Å². The van der Waals surface area contributed by atoms with E-state index in [9.17, 15) is 4.79 Å². The number of H-pyrrole nitrogens is 1. The van der Waals surface area contributed by atoms with Crippen molar-refractivity contribution in [2.75, 3.05) is 6.61 Å². The van der Waals surface area contributed by atoms with Crippen molar-refractivity contribution < 1.29 is 4.74 Å². The van der Waals surface area contributed by atoms with Crippen LogP contribution in [0.5, 0.6) is 5.75 Å². The van der Waals surface area contributed by atoms with Crippen molar-refractivity contribution in [3.8, 4) is 5.75 Å². The Balaban J connectivity index is 2.47. The molecular formula is C12H13BrN2O2. The van der Waals surface area contributed by atoms with Crippen molar-refractivity contribution in [2.24, 2.45) is 5.92 Å². The van der Waals surface area contributed by atoms with Crippen molar-refractivity contribution in [2.45, 2.75) is 13.8 Å². The van der Waals surface area contributed by atoms with Gasteiger partial charge in [-0.3, -0.25) is 4.79 Å². The molecule has 2 rings (SSSR count). The minimum Gasteiger partial charge on any atom is -0.492 e. The maximum absolute atomic E-state index is 11.6. The zero-order valence-corrected chi connectivity index (χ0v) is 11.2. The van der Waals surface area contributed by atoms with Crippen LogP contribution in [0.25, 0.3) is 10.9 Å². The summed E-state index contributed by atoms with van der Waals surface area (Å²) >= 11 is 3.41. The quantitative estimate of drug-likeness (QED) is 0.947. The molecule has 0 radical (unpaired) electrons. The van der Waals surface area contributed by atoms with E-state index in [2.05, 4.69) is 39.7 Å². The fourth-order valence-corrected chi connectivity index (χ4v) is 1.88. The molecule has 0 atom stereocenters. The van der Waals surface area contributed by atoms with Gasteiger partial charge in [-0.05, 0) is 34.0 Å². The molecule has 17 heavy (non-hydrogen) atoms. The molecule has 0 bridgehead atoms. The number of benzene rings is 1. The maximum Gasteiger partial charge on any atom is 0.258 e. The van der Waals surface area contributed by atoms with Gasteiger partial charge in [0.05, 0.1) is 28.3 Å². The van der Waals surface area contributed by atoms with Crippen LogP contribution in [0.15, 0.2) is 27.7 Å². The van der Waals surface area contributed by atoms with E-state index in [-0.39, 0.29) is 5.56 Å². The maximum atomic E-state index is 11.6. The average molecular weight is 297 g/mol. The zero-order valence-electron chi connectivity index (χ0n) is 9.66. The van der Waals surface area contributed by atoms with Crippen molar-refractivity contribution in [1.82, 2.24) is 9.97 Å². The molecule has 0 aliphatic carbocycles. The van der Waals surface area contributed by atoms with E-state index in [1.165, 1.54) is 6.33 Å². The summed E-state index contributed by atoms with van der Waals surface area (Å²) in [6.07, 6.45) is 1.39. The first kappa shape index (κ1) is 12.1. The van der Waals surface area contributed by atoms with Gasteiger partial charge in [-0.25, -0.2) is 4.98 Å². The molecule has 1 N–H and O–H groups in total. The predicted octanol–water partition coefficient (Wildman–Crippen LogP) is 2.72. The summed E-state index contributed by atoms with van der Waals surface area (Å²) in [6, 6.07) is 3.51. The lowest BCUT2D eigenvalue weighted by molar-refractivity contribution is 0.270. The van der Waals surface area contributed by atoms with Crippen LogP contribution in [0.3, 0.4) is 0 Å². The summed E-state index contributed by atoms with van der Waals surface area (Å²) in [6.45, 7) is 4.76. The first-order chi connectivity index (χ1) is 8.08. The normalized spacial score (nSPS) is 11.1. The van der Waals surface area contributed by atoms with E-state index in [0.29, 0.717) is 29.2 Å². The van der Waals surface area contributed by atoms with Gasteiger partial charge in [-0.2, -0.15) is 0 Å². The molecular weight excluding hydrogens is 284 g/mol. The number of hydrogen-bond acceptors (Lipinski definition) is 3. The lowest BCUT2D eigenvalue weighted by Gasteiger charge is -2.10. The molecule has 0 aliphatic rings. The third-order valence-electron chi connectivity index (χ3n) is 2.27. The number of ether oxygens (including phenoxy) is 1. The van der Waals surface area contributed by atoms with E-state index in [1.807, 2.05) is 0 Å². The molecule has 0 spiro atoms. The average Bonchev–Trinajstić information content (AvgIpc) is 2.27. The van der Waals surface area contributed by atoms with Gasteiger partial charge < -0.3 is 9.72 Å². The molecule has 1 aromatic carbocycles. The van der Waals surface area contributed by atoms with Gasteiger partial charge >= 0.3 is 0 Å². The Kier molecular flexibility index (Phi) is 3.47. The van der Waals surface area contributed by atoms with Crippen molar-refractivity contribution in [1.29, 1.82) is 0 Å². The van der Waals surface area contributed by atoms with Gasteiger partial charge in [0, 0.05) is 0 Å². The van der Waals surface area contributed by atoms with E-state index in [4.69, 9.17) is 4.74 Å². The number of aromatic nitrogens is 2. The second-order valence-corrected chi connectivity index (χ2v) is 5.09. The van der Waals surface area contributed by atoms with E-state index in [1.54, 1.807) is 12.1 Å². The molecule has 0 unspecified atom stereocenters. The Morgan fingerprint density at radius 2 is 2.24 bits per heavy atom. The third kappa shape index (κ3) is 2.66. The summed E-state index contributed by atoms with van der Waals surface area (Å²) in [4.78, 5) is 18.3. The Morgan fingerprint density at radius 1 is 1.47 bits per heavy atom. The fraction of sp³-hybridized carbons (Fsp3) is 0.333. The van der Waals surface area contributed by atoms with Crippen LogP contribution in [0.1, 0.15) is 13.8 Å². The van der Waals surface area contributed by atoms with Crippen molar-refractivity contribution in [3.63, 3.8) is 0 Å². The first-order valence-corrected chi connectivity index (χ1v) is 6.17. The van der Waals surface area contributed by atoms with Crippen molar-refractivity contribution in [3.05, 3.63) is 33.3 Å². The van der Waals surface area contributed by atoms with Gasteiger partial charge in [0.15, 0.2) is 0 Å². The van der Waals surface area contributed by atoms with Gasteiger partial charge in [-0.15, -0.1) is 0 Å². The molecule has 90 valence electrons. The molecule has 0 fully saturated rings. The second kappa shape index (κ2) is 4.87. The summed E-state index contributed by atoms with van der Waals surface area (Å²) in [5, 5.41) is 0.537. The minimum atomic E-state index is -0.156. The molecule has 0 saturated heterocycles. The number of fused-ring (bicyclic) bond motifs is 1. The van der Waals surface area contributed by atoms with E-state index >= 15 is 0 Å². The van der Waals surface area contributed by atoms with Crippen LogP contribution in [0.2, 0.25) is 0 Å². The Hall–Kier alpha value is -1.36. The number of rotatable bonds is 3. The molecule has 2 aromatic rings. The van der Waals surface area contributed by atoms with Crippen LogP contribution < -0.4 is 10.3 Å². The number of nitrogens with zero attached hydrogens (tertiary/aromatic N) is 1. The van der Waals surface area contributed by atoms with E-state index in [0.717, 1.165) is 4.47 Å². The summed E-state index contributed by atoms with van der Waals surface area (Å²) in [5.41, 5.74) is 0.495. The second-order valence-electron chi connectivity index (χ2n) is 4.24. The first-order valence-electron chi connectivity index (χ1n) is 5.37. The monoisotopic (exact) mass is 296 g/mol. The fourth-order valence-electron chi connectivity index (χ4n) is 1.44. The molecule has 0 amide bonds. The van der Waals surface area contributed by atoms with Crippen LogP contribution in [-0.2, 0) is 0 Å². The highest BCUT2D eigenvalue weighted by Crippen LogP contribution is 2.28. The highest BCUT2D eigenvalue weighted by Gasteiger charge is 2.07. The lowest BCUT2D eigenvalue weighted by atomic mass is 10.2. The molecule has 0 aliphatic heterocycles. The van der Waals surface area contributed by atoms with Gasteiger partial charge in [0.1, 0.15) is 5.75 Å². The van der Waals surface area contributed by atoms with Crippen LogP contribution in [0.4, 0.5) is 0 Å². The van der Waals surface area contributed by atoms with Crippen LogP contribution in [0, 0.1) is 5.92 Å². The van der Waals surface area contributed by atoms with E-state index < -0.39 is 0 Å². The Labute approximate surface area is 107 Å². The molecule has 1 heterocycles. The minimum absolute atomic E-state index is 0.156. The highest BCUT2D eigenvalue weighted by atomic mass is 79.9.